The number of rotatable bonds is 5. The van der Waals surface area contributed by atoms with Crippen LogP contribution in [-0.4, -0.2) is 17.8 Å². The Labute approximate surface area is 116 Å². The van der Waals surface area contributed by atoms with E-state index in [0.29, 0.717) is 5.92 Å². The summed E-state index contributed by atoms with van der Waals surface area (Å²) in [7, 11) is 0. The summed E-state index contributed by atoms with van der Waals surface area (Å²) >= 11 is 2.06. The summed E-state index contributed by atoms with van der Waals surface area (Å²) in [5, 5.41) is 4.38. The molecule has 0 heterocycles. The van der Waals surface area contributed by atoms with Crippen LogP contribution in [0.15, 0.2) is 29.2 Å². The predicted molar refractivity (Wildman–Crippen MR) is 81.5 cm³/mol. The first-order valence-corrected chi connectivity index (χ1v) is 8.07. The summed E-state index contributed by atoms with van der Waals surface area (Å²) in [5.74, 6) is 0.633. The molecule has 0 aromatic heterocycles. The Morgan fingerprint density at radius 3 is 2.56 bits per heavy atom. The van der Waals surface area contributed by atoms with E-state index < -0.39 is 0 Å². The van der Waals surface area contributed by atoms with Crippen LogP contribution in [0.5, 0.6) is 0 Å². The van der Waals surface area contributed by atoms with Gasteiger partial charge in [0.1, 0.15) is 0 Å². The van der Waals surface area contributed by atoms with Crippen LogP contribution in [-0.2, 0) is 0 Å². The molecule has 0 radical (unpaired) electrons. The average Bonchev–Trinajstić information content (AvgIpc) is 2.78. The van der Waals surface area contributed by atoms with Crippen LogP contribution in [0.25, 0.3) is 0 Å². The van der Waals surface area contributed by atoms with Gasteiger partial charge in [-0.25, -0.2) is 0 Å². The van der Waals surface area contributed by atoms with Crippen LogP contribution in [0.4, 0.5) is 0 Å². The van der Waals surface area contributed by atoms with Crippen molar-refractivity contribution in [2.24, 2.45) is 0 Å². The zero-order chi connectivity index (χ0) is 13.0. The molecule has 0 spiro atoms. The lowest BCUT2D eigenvalue weighted by Crippen LogP contribution is -2.26. The second kappa shape index (κ2) is 6.63. The normalized spacial score (nSPS) is 23.8. The quantitative estimate of drug-likeness (QED) is 0.843. The highest BCUT2D eigenvalue weighted by Gasteiger charge is 2.24. The number of hydrogen-bond donors (Lipinski definition) is 1. The van der Waals surface area contributed by atoms with Gasteiger partial charge in [0.2, 0.25) is 0 Å². The van der Waals surface area contributed by atoms with Gasteiger partial charge < -0.3 is 5.32 Å². The van der Waals surface area contributed by atoms with E-state index in [1.54, 1.807) is 0 Å². The molecular formula is C16H25NS. The molecule has 2 atom stereocenters. The van der Waals surface area contributed by atoms with Crippen LogP contribution >= 0.6 is 11.8 Å². The van der Waals surface area contributed by atoms with E-state index >= 15 is 0 Å². The molecule has 100 valence electrons. The minimum atomic E-state index is 0.633. The fourth-order valence-electron chi connectivity index (χ4n) is 2.64. The summed E-state index contributed by atoms with van der Waals surface area (Å²) in [6.07, 6.45) is 4.02. The predicted octanol–water partition coefficient (Wildman–Crippen LogP) is 4.43. The minimum Gasteiger partial charge on any atom is -0.314 e. The molecule has 1 aromatic carbocycles. The number of thioether (sulfide) groups is 1. The number of nitrogens with one attached hydrogen (secondary N) is 1. The maximum atomic E-state index is 3.57. The minimum absolute atomic E-state index is 0.633. The molecule has 1 nitrogen and oxygen atoms in total. The van der Waals surface area contributed by atoms with Gasteiger partial charge in [-0.1, -0.05) is 32.9 Å². The average molecular weight is 263 g/mol. The Morgan fingerprint density at radius 1 is 1.22 bits per heavy atom. The molecule has 2 heteroatoms. The van der Waals surface area contributed by atoms with Crippen molar-refractivity contribution < 1.29 is 0 Å². The van der Waals surface area contributed by atoms with Gasteiger partial charge in [-0.3, -0.25) is 0 Å². The van der Waals surface area contributed by atoms with Gasteiger partial charge >= 0.3 is 0 Å². The molecule has 2 rings (SSSR count). The zero-order valence-electron chi connectivity index (χ0n) is 11.8. The fraction of sp³-hybridized carbons (Fsp3) is 0.625. The lowest BCUT2D eigenvalue weighted by molar-refractivity contribution is 0.543. The molecule has 1 saturated carbocycles. The van der Waals surface area contributed by atoms with Crippen LogP contribution in [0.3, 0.4) is 0 Å². The Morgan fingerprint density at radius 2 is 1.94 bits per heavy atom. The molecule has 0 amide bonds. The molecule has 0 saturated heterocycles. The molecule has 1 N–H and O–H groups in total. The Bertz CT molecular complexity index is 358. The SMILES string of the molecule is CCNC1CCC(Sc2ccc(C(C)C)cc2)C1. The maximum absolute atomic E-state index is 3.57. The Hall–Kier alpha value is -0.470. The topological polar surface area (TPSA) is 12.0 Å². The monoisotopic (exact) mass is 263 g/mol. The summed E-state index contributed by atoms with van der Waals surface area (Å²) < 4.78 is 0. The van der Waals surface area contributed by atoms with Crippen molar-refractivity contribution in [2.75, 3.05) is 6.54 Å². The lowest BCUT2D eigenvalue weighted by atomic mass is 10.0. The molecule has 2 unspecified atom stereocenters. The molecule has 1 aliphatic carbocycles. The van der Waals surface area contributed by atoms with E-state index in [9.17, 15) is 0 Å². The maximum Gasteiger partial charge on any atom is 0.0110 e. The number of benzene rings is 1. The fourth-order valence-corrected chi connectivity index (χ4v) is 3.91. The lowest BCUT2D eigenvalue weighted by Gasteiger charge is -2.12. The summed E-state index contributed by atoms with van der Waals surface area (Å²) in [4.78, 5) is 1.43. The van der Waals surface area contributed by atoms with Crippen LogP contribution in [0.2, 0.25) is 0 Å². The van der Waals surface area contributed by atoms with Gasteiger partial charge in [0, 0.05) is 16.2 Å². The van der Waals surface area contributed by atoms with Crippen LogP contribution < -0.4 is 5.32 Å². The van der Waals surface area contributed by atoms with E-state index in [-0.39, 0.29) is 0 Å². The van der Waals surface area contributed by atoms with Gasteiger partial charge in [0.25, 0.3) is 0 Å². The molecule has 0 aliphatic heterocycles. The molecule has 0 bridgehead atoms. The molecule has 1 fully saturated rings. The van der Waals surface area contributed by atoms with Crippen molar-refractivity contribution >= 4 is 11.8 Å². The Kier molecular flexibility index (Phi) is 5.13. The van der Waals surface area contributed by atoms with Crippen molar-refractivity contribution in [3.8, 4) is 0 Å². The van der Waals surface area contributed by atoms with Crippen LogP contribution in [0, 0.1) is 0 Å². The third-order valence-electron chi connectivity index (χ3n) is 3.73. The second-order valence-electron chi connectivity index (χ2n) is 5.53. The Balaban J connectivity index is 1.86. The van der Waals surface area contributed by atoms with E-state index in [1.165, 1.54) is 29.7 Å². The van der Waals surface area contributed by atoms with E-state index in [1.807, 2.05) is 0 Å². The standard InChI is InChI=1S/C16H25NS/c1-4-17-14-7-10-16(11-14)18-15-8-5-13(6-9-15)12(2)3/h5-6,8-9,12,14,16-17H,4,7,10-11H2,1-3H3. The van der Waals surface area contributed by atoms with Crippen molar-refractivity contribution in [1.29, 1.82) is 0 Å². The smallest absolute Gasteiger partial charge is 0.0110 e. The molecular weight excluding hydrogens is 238 g/mol. The van der Waals surface area contributed by atoms with Gasteiger partial charge in [-0.15, -0.1) is 11.8 Å². The first-order valence-electron chi connectivity index (χ1n) is 7.19. The first kappa shape index (κ1) is 14.0. The van der Waals surface area contributed by atoms with Crippen LogP contribution in [0.1, 0.15) is 51.5 Å². The summed E-state index contributed by atoms with van der Waals surface area (Å²) in [6, 6.07) is 9.90. The highest BCUT2D eigenvalue weighted by molar-refractivity contribution is 8.00. The zero-order valence-corrected chi connectivity index (χ0v) is 12.6. The molecule has 1 aromatic rings. The van der Waals surface area contributed by atoms with Crippen molar-refractivity contribution in [2.45, 2.75) is 62.1 Å². The second-order valence-corrected chi connectivity index (χ2v) is 6.91. The largest absolute Gasteiger partial charge is 0.314 e. The molecule has 1 aliphatic rings. The third-order valence-corrected chi connectivity index (χ3v) is 5.03. The van der Waals surface area contributed by atoms with Gasteiger partial charge in [-0.05, 0) is 49.4 Å². The summed E-state index contributed by atoms with van der Waals surface area (Å²) in [6.45, 7) is 7.80. The van der Waals surface area contributed by atoms with E-state index in [2.05, 4.69) is 62.1 Å². The van der Waals surface area contributed by atoms with Crippen molar-refractivity contribution in [1.82, 2.24) is 5.32 Å². The first-order chi connectivity index (χ1) is 8.69. The highest BCUT2D eigenvalue weighted by Crippen LogP contribution is 2.35. The molecule has 18 heavy (non-hydrogen) atoms. The van der Waals surface area contributed by atoms with E-state index in [0.717, 1.165) is 17.8 Å². The van der Waals surface area contributed by atoms with E-state index in [4.69, 9.17) is 0 Å². The van der Waals surface area contributed by atoms with Crippen molar-refractivity contribution in [3.63, 3.8) is 0 Å². The third kappa shape index (κ3) is 3.76. The van der Waals surface area contributed by atoms with Gasteiger partial charge in [0.15, 0.2) is 0 Å². The number of hydrogen-bond acceptors (Lipinski definition) is 2. The summed E-state index contributed by atoms with van der Waals surface area (Å²) in [5.41, 5.74) is 1.44. The van der Waals surface area contributed by atoms with Gasteiger partial charge in [-0.2, -0.15) is 0 Å². The highest BCUT2D eigenvalue weighted by atomic mass is 32.2. The van der Waals surface area contributed by atoms with Crippen molar-refractivity contribution in [3.05, 3.63) is 29.8 Å². The van der Waals surface area contributed by atoms with Gasteiger partial charge in [0.05, 0.1) is 0 Å².